The lowest BCUT2D eigenvalue weighted by molar-refractivity contribution is 0.383. The van der Waals surface area contributed by atoms with Gasteiger partial charge in [0.25, 0.3) is 5.89 Å². The molecule has 6 heteroatoms. The zero-order valence-corrected chi connectivity index (χ0v) is 9.61. The van der Waals surface area contributed by atoms with E-state index in [-0.39, 0.29) is 5.54 Å². The first-order valence-corrected chi connectivity index (χ1v) is 5.12. The van der Waals surface area contributed by atoms with Crippen molar-refractivity contribution in [2.75, 3.05) is 0 Å². The van der Waals surface area contributed by atoms with E-state index in [9.17, 15) is 0 Å². The van der Waals surface area contributed by atoms with Crippen molar-refractivity contribution in [3.63, 3.8) is 0 Å². The summed E-state index contributed by atoms with van der Waals surface area (Å²) in [6, 6.07) is 1.79. The molecule has 2 N–H and O–H groups in total. The molecule has 2 heterocycles. The largest absolute Gasteiger partial charge is 0.418 e. The Bertz CT molecular complexity index is 440. The first-order chi connectivity index (χ1) is 7.54. The topological polar surface area (TPSA) is 79.6 Å². The van der Waals surface area contributed by atoms with Crippen molar-refractivity contribution in [1.29, 1.82) is 0 Å². The van der Waals surface area contributed by atoms with E-state index in [0.717, 1.165) is 5.69 Å². The second kappa shape index (κ2) is 4.05. The van der Waals surface area contributed by atoms with Crippen molar-refractivity contribution in [2.24, 2.45) is 0 Å². The Morgan fingerprint density at radius 2 is 2.19 bits per heavy atom. The maximum absolute atomic E-state index is 5.47. The van der Waals surface area contributed by atoms with Crippen molar-refractivity contribution >= 4 is 0 Å². The highest BCUT2D eigenvalue weighted by Crippen LogP contribution is 2.14. The lowest BCUT2D eigenvalue weighted by Crippen LogP contribution is -2.35. The fraction of sp³-hybridized carbons (Fsp3) is 0.500. The summed E-state index contributed by atoms with van der Waals surface area (Å²) >= 11 is 0. The number of H-pyrrole nitrogens is 1. The molecule has 0 aromatic carbocycles. The number of nitrogens with zero attached hydrogens (tertiary/aromatic N) is 3. The molecule has 6 nitrogen and oxygen atoms in total. The Labute approximate surface area is 93.5 Å². The van der Waals surface area contributed by atoms with Gasteiger partial charge < -0.3 is 9.73 Å². The standard InChI is InChI=1S/C10H15N5O/c1-10(2,3)11-6-8-14-15-9(16-8)7-4-5-12-13-7/h4-5,11H,6H2,1-3H3,(H,12,13). The molecule has 0 fully saturated rings. The smallest absolute Gasteiger partial charge is 0.265 e. The van der Waals surface area contributed by atoms with Crippen LogP contribution in [0, 0.1) is 0 Å². The van der Waals surface area contributed by atoms with Crippen LogP contribution in [0.15, 0.2) is 16.7 Å². The van der Waals surface area contributed by atoms with Crippen LogP contribution in [0.3, 0.4) is 0 Å². The minimum Gasteiger partial charge on any atom is -0.418 e. The van der Waals surface area contributed by atoms with E-state index in [4.69, 9.17) is 4.42 Å². The Morgan fingerprint density at radius 3 is 2.81 bits per heavy atom. The quantitative estimate of drug-likeness (QED) is 0.817. The average molecular weight is 221 g/mol. The molecule has 0 saturated heterocycles. The molecule has 0 spiro atoms. The van der Waals surface area contributed by atoms with E-state index >= 15 is 0 Å². The maximum atomic E-state index is 5.47. The van der Waals surface area contributed by atoms with E-state index in [2.05, 4.69) is 46.5 Å². The number of hydrogen-bond acceptors (Lipinski definition) is 5. The molecule has 0 aliphatic carbocycles. The van der Waals surface area contributed by atoms with Crippen LogP contribution in [0.1, 0.15) is 26.7 Å². The van der Waals surface area contributed by atoms with Crippen LogP contribution in [0.5, 0.6) is 0 Å². The third kappa shape index (κ3) is 2.66. The molecule has 16 heavy (non-hydrogen) atoms. The summed E-state index contributed by atoms with van der Waals surface area (Å²) < 4.78 is 5.47. The van der Waals surface area contributed by atoms with Crippen LogP contribution in [0.4, 0.5) is 0 Å². The first kappa shape index (κ1) is 10.8. The predicted octanol–water partition coefficient (Wildman–Crippen LogP) is 1.35. The molecular weight excluding hydrogens is 206 g/mol. The molecule has 0 saturated carbocycles. The normalized spacial score (nSPS) is 11.9. The predicted molar refractivity (Wildman–Crippen MR) is 58.5 cm³/mol. The summed E-state index contributed by atoms with van der Waals surface area (Å²) in [7, 11) is 0. The fourth-order valence-corrected chi connectivity index (χ4v) is 1.15. The molecule has 2 aromatic heterocycles. The maximum Gasteiger partial charge on any atom is 0.265 e. The summed E-state index contributed by atoms with van der Waals surface area (Å²) in [6.45, 7) is 6.81. The summed E-state index contributed by atoms with van der Waals surface area (Å²) in [5, 5.41) is 17.8. The van der Waals surface area contributed by atoms with Crippen molar-refractivity contribution in [3.05, 3.63) is 18.2 Å². The van der Waals surface area contributed by atoms with Crippen LogP contribution < -0.4 is 5.32 Å². The molecule has 86 valence electrons. The zero-order valence-electron chi connectivity index (χ0n) is 9.61. The fourth-order valence-electron chi connectivity index (χ4n) is 1.15. The van der Waals surface area contributed by atoms with E-state index in [1.807, 2.05) is 0 Å². The minimum atomic E-state index is 0.0304. The van der Waals surface area contributed by atoms with Gasteiger partial charge in [-0.05, 0) is 26.8 Å². The van der Waals surface area contributed by atoms with Gasteiger partial charge in [-0.2, -0.15) is 5.10 Å². The first-order valence-electron chi connectivity index (χ1n) is 5.12. The van der Waals surface area contributed by atoms with E-state index in [0.29, 0.717) is 18.3 Å². The number of nitrogens with one attached hydrogen (secondary N) is 2. The van der Waals surface area contributed by atoms with Crippen molar-refractivity contribution in [1.82, 2.24) is 25.7 Å². The monoisotopic (exact) mass is 221 g/mol. The lowest BCUT2D eigenvalue weighted by Gasteiger charge is -2.18. The number of aromatic amines is 1. The van der Waals surface area contributed by atoms with E-state index < -0.39 is 0 Å². The van der Waals surface area contributed by atoms with Crippen LogP contribution in [0.25, 0.3) is 11.6 Å². The Balaban J connectivity index is 2.03. The molecule has 0 aliphatic heterocycles. The summed E-state index contributed by atoms with van der Waals surface area (Å²) in [4.78, 5) is 0. The van der Waals surface area contributed by atoms with E-state index in [1.54, 1.807) is 12.3 Å². The van der Waals surface area contributed by atoms with Gasteiger partial charge in [0, 0.05) is 11.7 Å². The van der Waals surface area contributed by atoms with Crippen LogP contribution in [-0.2, 0) is 6.54 Å². The second-order valence-corrected chi connectivity index (χ2v) is 4.57. The number of rotatable bonds is 3. The highest BCUT2D eigenvalue weighted by atomic mass is 16.4. The van der Waals surface area contributed by atoms with Crippen LogP contribution in [-0.4, -0.2) is 25.9 Å². The summed E-state index contributed by atoms with van der Waals surface area (Å²) in [5.74, 6) is 1.03. The number of hydrogen-bond donors (Lipinski definition) is 2. The van der Waals surface area contributed by atoms with Gasteiger partial charge in [-0.3, -0.25) is 5.10 Å². The third-order valence-corrected chi connectivity index (χ3v) is 1.97. The molecule has 2 aromatic rings. The van der Waals surface area contributed by atoms with Crippen molar-refractivity contribution in [3.8, 4) is 11.6 Å². The zero-order chi connectivity index (χ0) is 11.6. The molecule has 2 rings (SSSR count). The second-order valence-electron chi connectivity index (χ2n) is 4.57. The SMILES string of the molecule is CC(C)(C)NCc1nnc(-c2ccn[nH]2)o1. The van der Waals surface area contributed by atoms with Gasteiger partial charge in [0.05, 0.1) is 6.54 Å². The molecule has 0 atom stereocenters. The minimum absolute atomic E-state index is 0.0304. The van der Waals surface area contributed by atoms with Gasteiger partial charge in [-0.15, -0.1) is 10.2 Å². The Kier molecular flexibility index (Phi) is 2.74. The highest BCUT2D eigenvalue weighted by molar-refractivity contribution is 5.44. The molecular formula is C10H15N5O. The van der Waals surface area contributed by atoms with Crippen molar-refractivity contribution < 1.29 is 4.42 Å². The van der Waals surface area contributed by atoms with Crippen LogP contribution >= 0.6 is 0 Å². The van der Waals surface area contributed by atoms with E-state index in [1.165, 1.54) is 0 Å². The van der Waals surface area contributed by atoms with Gasteiger partial charge in [-0.25, -0.2) is 0 Å². The molecule has 0 amide bonds. The van der Waals surface area contributed by atoms with Gasteiger partial charge in [-0.1, -0.05) is 0 Å². The van der Waals surface area contributed by atoms with Crippen molar-refractivity contribution in [2.45, 2.75) is 32.9 Å². The molecule has 0 unspecified atom stereocenters. The van der Waals surface area contributed by atoms with Gasteiger partial charge in [0.2, 0.25) is 5.89 Å². The van der Waals surface area contributed by atoms with Crippen LogP contribution in [0.2, 0.25) is 0 Å². The third-order valence-electron chi connectivity index (χ3n) is 1.97. The van der Waals surface area contributed by atoms with Gasteiger partial charge >= 0.3 is 0 Å². The lowest BCUT2D eigenvalue weighted by atomic mass is 10.1. The average Bonchev–Trinajstić information content (AvgIpc) is 2.84. The summed E-state index contributed by atoms with van der Waals surface area (Å²) in [6.07, 6.45) is 1.65. The molecule has 0 radical (unpaired) electrons. The van der Waals surface area contributed by atoms with Gasteiger partial charge in [0.15, 0.2) is 0 Å². The van der Waals surface area contributed by atoms with Gasteiger partial charge in [0.1, 0.15) is 5.69 Å². The highest BCUT2D eigenvalue weighted by Gasteiger charge is 2.13. The molecule has 0 aliphatic rings. The summed E-state index contributed by atoms with van der Waals surface area (Å²) in [5.41, 5.74) is 0.761. The molecule has 0 bridgehead atoms. The Hall–Kier alpha value is -1.69. The number of aromatic nitrogens is 4. The Morgan fingerprint density at radius 1 is 1.38 bits per heavy atom.